The number of carbonyl (C=O) groups excluding carboxylic acids is 1. The van der Waals surface area contributed by atoms with E-state index in [1.165, 1.54) is 16.9 Å². The lowest BCUT2D eigenvalue weighted by atomic mass is 9.64. The summed E-state index contributed by atoms with van der Waals surface area (Å²) in [6.45, 7) is 3.56. The lowest BCUT2D eigenvalue weighted by molar-refractivity contribution is -0.0738. The topological polar surface area (TPSA) is 114 Å². The van der Waals surface area contributed by atoms with E-state index in [0.717, 1.165) is 0 Å². The van der Waals surface area contributed by atoms with E-state index in [1.54, 1.807) is 33.0 Å². The molecule has 0 spiro atoms. The third-order valence-electron chi connectivity index (χ3n) is 6.26. The molecule has 1 fully saturated rings. The summed E-state index contributed by atoms with van der Waals surface area (Å²) in [5.74, 6) is -0.375. The van der Waals surface area contributed by atoms with Crippen molar-refractivity contribution < 1.29 is 18.3 Å². The quantitative estimate of drug-likeness (QED) is 0.645. The zero-order valence-electron chi connectivity index (χ0n) is 17.6. The molecule has 0 atom stereocenters. The first-order valence-corrected chi connectivity index (χ1v) is 12.2. The summed E-state index contributed by atoms with van der Waals surface area (Å²) in [5.41, 5.74) is -1.53. The van der Waals surface area contributed by atoms with Gasteiger partial charge in [0.15, 0.2) is 5.03 Å². The number of aliphatic hydroxyl groups is 1. The highest BCUT2D eigenvalue weighted by Crippen LogP contribution is 2.46. The summed E-state index contributed by atoms with van der Waals surface area (Å²) >= 11 is 12.0. The number of nitrogens with zero attached hydrogens (tertiary/aromatic N) is 3. The van der Waals surface area contributed by atoms with Crippen molar-refractivity contribution in [2.45, 2.75) is 55.4 Å². The first-order chi connectivity index (χ1) is 14.4. The molecule has 1 aromatic carbocycles. The Kier molecular flexibility index (Phi) is 6.72. The van der Waals surface area contributed by atoms with E-state index in [4.69, 9.17) is 23.2 Å². The number of aryl methyl sites for hydroxylation is 1. The summed E-state index contributed by atoms with van der Waals surface area (Å²) in [6.07, 6.45) is 2.94. The predicted octanol–water partition coefficient (Wildman–Crippen LogP) is 3.03. The molecule has 0 radical (unpaired) electrons. The Balaban J connectivity index is 1.74. The number of halogens is 2. The number of carbonyl (C=O) groups is 1. The number of sulfone groups is 1. The van der Waals surface area contributed by atoms with Gasteiger partial charge in [-0.15, -0.1) is 5.10 Å². The fourth-order valence-electron chi connectivity index (χ4n) is 4.10. The number of hydrogen-bond donors (Lipinski definition) is 2. The number of rotatable bonds is 6. The monoisotopic (exact) mass is 488 g/mol. The van der Waals surface area contributed by atoms with Gasteiger partial charge in [-0.3, -0.25) is 9.48 Å². The Morgan fingerprint density at radius 2 is 1.97 bits per heavy atom. The fraction of sp³-hybridized carbons (Fsp3) is 0.550. The van der Waals surface area contributed by atoms with Gasteiger partial charge in [-0.2, -0.15) is 0 Å². The molecule has 3 rings (SSSR count). The molecule has 31 heavy (non-hydrogen) atoms. The van der Waals surface area contributed by atoms with Gasteiger partial charge in [0, 0.05) is 24.0 Å². The Morgan fingerprint density at radius 1 is 1.32 bits per heavy atom. The number of benzene rings is 1. The molecule has 1 aliphatic carbocycles. The van der Waals surface area contributed by atoms with Crippen LogP contribution in [0.2, 0.25) is 10.0 Å². The average molecular weight is 489 g/mol. The van der Waals surface area contributed by atoms with E-state index in [0.29, 0.717) is 30.7 Å². The minimum atomic E-state index is -3.61. The highest BCUT2D eigenvalue weighted by atomic mass is 35.5. The molecule has 1 saturated carbocycles. The Hall–Kier alpha value is -1.68. The van der Waals surface area contributed by atoms with Gasteiger partial charge >= 0.3 is 0 Å². The summed E-state index contributed by atoms with van der Waals surface area (Å²) < 4.78 is 27.2. The molecule has 8 nitrogen and oxygen atoms in total. The van der Waals surface area contributed by atoms with Crippen molar-refractivity contribution in [3.8, 4) is 0 Å². The van der Waals surface area contributed by atoms with Crippen LogP contribution >= 0.6 is 23.2 Å². The number of amides is 1. The summed E-state index contributed by atoms with van der Waals surface area (Å²) in [7, 11) is -2.00. The van der Waals surface area contributed by atoms with E-state index in [2.05, 4.69) is 15.6 Å². The van der Waals surface area contributed by atoms with Crippen LogP contribution < -0.4 is 5.32 Å². The third-order valence-corrected chi connectivity index (χ3v) is 8.93. The van der Waals surface area contributed by atoms with Gasteiger partial charge in [0.1, 0.15) is 0 Å². The molecule has 170 valence electrons. The zero-order chi connectivity index (χ0) is 23.0. The van der Waals surface area contributed by atoms with Gasteiger partial charge in [0.25, 0.3) is 5.91 Å². The lowest BCUT2D eigenvalue weighted by Crippen LogP contribution is -2.53. The van der Waals surface area contributed by atoms with E-state index in [-0.39, 0.29) is 28.1 Å². The summed E-state index contributed by atoms with van der Waals surface area (Å²) in [6, 6.07) is 4.62. The molecule has 0 aliphatic heterocycles. The maximum Gasteiger partial charge on any atom is 0.252 e. The molecular weight excluding hydrogens is 463 g/mol. The molecule has 1 amide bonds. The number of hydrogen-bond acceptors (Lipinski definition) is 6. The normalized spacial score (nSPS) is 22.3. The van der Waals surface area contributed by atoms with Crippen molar-refractivity contribution in [2.24, 2.45) is 12.5 Å². The molecule has 0 bridgehead atoms. The van der Waals surface area contributed by atoms with Gasteiger partial charge in [-0.1, -0.05) is 28.4 Å². The van der Waals surface area contributed by atoms with Gasteiger partial charge in [-0.25, -0.2) is 8.42 Å². The van der Waals surface area contributed by atoms with Gasteiger partial charge < -0.3 is 10.4 Å². The molecule has 2 aromatic rings. The number of aromatic nitrogens is 3. The van der Waals surface area contributed by atoms with Crippen LogP contribution in [0.3, 0.4) is 0 Å². The van der Waals surface area contributed by atoms with Crippen molar-refractivity contribution in [1.29, 1.82) is 0 Å². The summed E-state index contributed by atoms with van der Waals surface area (Å²) in [4.78, 5) is 12.7. The van der Waals surface area contributed by atoms with Crippen LogP contribution in [0, 0.1) is 5.41 Å². The van der Waals surface area contributed by atoms with Crippen LogP contribution in [0.5, 0.6) is 0 Å². The molecule has 0 saturated heterocycles. The molecule has 11 heteroatoms. The third kappa shape index (κ3) is 4.89. The Labute approximate surface area is 191 Å². The van der Waals surface area contributed by atoms with E-state index >= 15 is 0 Å². The minimum absolute atomic E-state index is 0.0403. The van der Waals surface area contributed by atoms with Crippen molar-refractivity contribution in [3.05, 3.63) is 40.0 Å². The molecule has 1 aliphatic rings. The Morgan fingerprint density at radius 3 is 2.48 bits per heavy atom. The van der Waals surface area contributed by atoms with E-state index in [1.807, 2.05) is 0 Å². The van der Waals surface area contributed by atoms with Crippen molar-refractivity contribution in [1.82, 2.24) is 20.3 Å². The van der Waals surface area contributed by atoms with Gasteiger partial charge in [-0.05, 0) is 57.7 Å². The van der Waals surface area contributed by atoms with Crippen LogP contribution in [-0.2, 0) is 16.9 Å². The fourth-order valence-corrected chi connectivity index (χ4v) is 6.25. The second kappa shape index (κ2) is 8.69. The highest BCUT2D eigenvalue weighted by Gasteiger charge is 2.48. The van der Waals surface area contributed by atoms with Crippen LogP contribution in [0.25, 0.3) is 0 Å². The standard InChI is InChI=1S/C20H26Cl2N4O4S/c1-19(2,28)20(12-23-18(27)15-5-4-13(21)10-16(15)22)8-6-14(7-9-20)31(29,30)17-11-26(3)25-24-17/h4-5,10-11,14,28H,6-9,12H2,1-3H3,(H,23,27). The smallest absolute Gasteiger partial charge is 0.252 e. The first kappa shape index (κ1) is 24.0. The van der Waals surface area contributed by atoms with Crippen LogP contribution in [0.15, 0.2) is 29.4 Å². The van der Waals surface area contributed by atoms with Crippen molar-refractivity contribution in [2.75, 3.05) is 6.54 Å². The largest absolute Gasteiger partial charge is 0.390 e. The maximum atomic E-state index is 12.9. The van der Waals surface area contributed by atoms with Crippen LogP contribution in [-0.4, -0.2) is 51.8 Å². The molecule has 0 unspecified atom stereocenters. The SMILES string of the molecule is Cn1cc(S(=O)(=O)C2CCC(CNC(=O)c3ccc(Cl)cc3Cl)(C(C)(C)O)CC2)nn1. The molecule has 1 heterocycles. The van der Waals surface area contributed by atoms with E-state index in [9.17, 15) is 18.3 Å². The highest BCUT2D eigenvalue weighted by molar-refractivity contribution is 7.92. The number of nitrogens with one attached hydrogen (secondary N) is 1. The summed E-state index contributed by atoms with van der Waals surface area (Å²) in [5, 5.41) is 21.3. The maximum absolute atomic E-state index is 12.9. The van der Waals surface area contributed by atoms with E-state index < -0.39 is 26.1 Å². The zero-order valence-corrected chi connectivity index (χ0v) is 19.9. The molecular formula is C20H26Cl2N4O4S. The van der Waals surface area contributed by atoms with Crippen molar-refractivity contribution in [3.63, 3.8) is 0 Å². The average Bonchev–Trinajstić information content (AvgIpc) is 3.13. The Bertz CT molecular complexity index is 1070. The van der Waals surface area contributed by atoms with Crippen molar-refractivity contribution >= 4 is 38.9 Å². The predicted molar refractivity (Wildman–Crippen MR) is 118 cm³/mol. The van der Waals surface area contributed by atoms with Gasteiger partial charge in [0.2, 0.25) is 9.84 Å². The lowest BCUT2D eigenvalue weighted by Gasteiger charge is -2.47. The minimum Gasteiger partial charge on any atom is -0.390 e. The second-order valence-corrected chi connectivity index (χ2v) is 11.6. The molecule has 2 N–H and O–H groups in total. The first-order valence-electron chi connectivity index (χ1n) is 9.92. The van der Waals surface area contributed by atoms with Gasteiger partial charge in [0.05, 0.1) is 27.6 Å². The van der Waals surface area contributed by atoms with Crippen LogP contribution in [0.1, 0.15) is 49.9 Å². The van der Waals surface area contributed by atoms with Crippen LogP contribution in [0.4, 0.5) is 0 Å². The second-order valence-electron chi connectivity index (χ2n) is 8.62. The molecule has 1 aromatic heterocycles.